The lowest BCUT2D eigenvalue weighted by molar-refractivity contribution is 0.410. The Labute approximate surface area is 121 Å². The molecule has 0 spiro atoms. The molecule has 1 aromatic carbocycles. The number of ether oxygens (including phenoxy) is 1. The number of rotatable bonds is 7. The Hall–Kier alpha value is -0.950. The van der Waals surface area contributed by atoms with Crippen LogP contribution in [0.2, 0.25) is 0 Å². The van der Waals surface area contributed by atoms with Crippen molar-refractivity contribution < 1.29 is 21.8 Å². The second-order valence-electron chi connectivity index (χ2n) is 4.90. The average Bonchev–Trinajstić information content (AvgIpc) is 2.26. The fourth-order valence-electron chi connectivity index (χ4n) is 1.97. The van der Waals surface area contributed by atoms with Crippen LogP contribution in [0.1, 0.15) is 12.5 Å². The number of sulfone groups is 1. The van der Waals surface area contributed by atoms with Gasteiger partial charge in [0.15, 0.2) is 0 Å². The van der Waals surface area contributed by atoms with Crippen molar-refractivity contribution in [2.75, 3.05) is 24.9 Å². The van der Waals surface area contributed by atoms with Crippen molar-refractivity contribution in [3.05, 3.63) is 29.6 Å². The molecule has 0 aliphatic heterocycles. The van der Waals surface area contributed by atoms with E-state index in [1.165, 1.54) is 25.3 Å². The Kier molecular flexibility index (Phi) is 6.13. The Morgan fingerprint density at radius 3 is 2.60 bits per heavy atom. The molecule has 1 rings (SSSR count). The Morgan fingerprint density at radius 2 is 2.05 bits per heavy atom. The highest BCUT2D eigenvalue weighted by molar-refractivity contribution is 7.90. The quantitative estimate of drug-likeness (QED) is 0.767. The molecule has 1 aromatic rings. The first-order chi connectivity index (χ1) is 9.21. The predicted molar refractivity (Wildman–Crippen MR) is 78.5 cm³/mol. The zero-order valence-electron chi connectivity index (χ0n) is 11.8. The number of hydrogen-bond donors (Lipinski definition) is 0. The van der Waals surface area contributed by atoms with E-state index >= 15 is 0 Å². The molecule has 0 amide bonds. The molecule has 0 aliphatic rings. The molecule has 0 saturated heterocycles. The number of halogens is 1. The minimum absolute atomic E-state index is 0.000967. The lowest BCUT2D eigenvalue weighted by Gasteiger charge is -2.12. The number of benzene rings is 1. The molecule has 7 heteroatoms. The standard InChI is InChI=1S/C13H19FO4S2/c1-10(9-20(3,16)17)7-19(15)8-11-6-12(14)4-5-13(11)18-2/h4-6,10H,7-9H2,1-3H3/t10-,19-/m1/s1. The fourth-order valence-corrected chi connectivity index (χ4v) is 4.72. The summed E-state index contributed by atoms with van der Waals surface area (Å²) in [5, 5.41) is 0. The van der Waals surface area contributed by atoms with Crippen molar-refractivity contribution in [1.82, 2.24) is 0 Å². The van der Waals surface area contributed by atoms with Crippen molar-refractivity contribution in [1.29, 1.82) is 0 Å². The molecule has 0 aliphatic carbocycles. The largest absolute Gasteiger partial charge is 0.496 e. The van der Waals surface area contributed by atoms with Crippen LogP contribution in [0.4, 0.5) is 4.39 Å². The van der Waals surface area contributed by atoms with Gasteiger partial charge in [-0.05, 0) is 24.1 Å². The maximum Gasteiger partial charge on any atom is 0.147 e. The summed E-state index contributed by atoms with van der Waals surface area (Å²) in [5.41, 5.74) is 0.525. The molecule has 0 N–H and O–H groups in total. The topological polar surface area (TPSA) is 60.4 Å². The number of hydrogen-bond acceptors (Lipinski definition) is 4. The minimum atomic E-state index is -3.08. The second kappa shape index (κ2) is 7.17. The summed E-state index contributed by atoms with van der Waals surface area (Å²) in [6.07, 6.45) is 1.15. The van der Waals surface area contributed by atoms with E-state index in [2.05, 4.69) is 0 Å². The predicted octanol–water partition coefficient (Wildman–Crippen LogP) is 1.76. The Bertz CT molecular complexity index is 584. The van der Waals surface area contributed by atoms with Crippen molar-refractivity contribution in [2.24, 2.45) is 5.92 Å². The van der Waals surface area contributed by atoms with Crippen LogP contribution in [0.5, 0.6) is 5.75 Å². The fraction of sp³-hybridized carbons (Fsp3) is 0.538. The van der Waals surface area contributed by atoms with Crippen LogP contribution >= 0.6 is 0 Å². The molecule has 0 unspecified atom stereocenters. The highest BCUT2D eigenvalue weighted by atomic mass is 32.2. The summed E-state index contributed by atoms with van der Waals surface area (Å²) < 4.78 is 52.6. The number of methoxy groups -OCH3 is 1. The van der Waals surface area contributed by atoms with Crippen LogP contribution in [0.3, 0.4) is 0 Å². The van der Waals surface area contributed by atoms with Gasteiger partial charge in [0.1, 0.15) is 21.4 Å². The summed E-state index contributed by atoms with van der Waals surface area (Å²) in [6, 6.07) is 4.05. The van der Waals surface area contributed by atoms with Gasteiger partial charge in [-0.1, -0.05) is 6.92 Å². The highest BCUT2D eigenvalue weighted by Gasteiger charge is 2.15. The summed E-state index contributed by atoms with van der Waals surface area (Å²) in [5.74, 6) is 0.267. The van der Waals surface area contributed by atoms with Gasteiger partial charge in [-0.3, -0.25) is 4.21 Å². The van der Waals surface area contributed by atoms with E-state index in [4.69, 9.17) is 4.74 Å². The first kappa shape index (κ1) is 17.1. The smallest absolute Gasteiger partial charge is 0.147 e. The van der Waals surface area contributed by atoms with Gasteiger partial charge < -0.3 is 4.74 Å². The van der Waals surface area contributed by atoms with Crippen LogP contribution in [0, 0.1) is 11.7 Å². The third kappa shape index (κ3) is 6.00. The molecule has 0 bridgehead atoms. The SMILES string of the molecule is COc1ccc(F)cc1C[S@](=O)C[C@@H](C)CS(C)(=O)=O. The molecule has 20 heavy (non-hydrogen) atoms. The molecular weight excluding hydrogens is 303 g/mol. The van der Waals surface area contributed by atoms with Gasteiger partial charge in [-0.25, -0.2) is 12.8 Å². The van der Waals surface area contributed by atoms with E-state index in [0.717, 1.165) is 6.26 Å². The molecule has 4 nitrogen and oxygen atoms in total. The molecule has 0 aromatic heterocycles. The monoisotopic (exact) mass is 322 g/mol. The van der Waals surface area contributed by atoms with Crippen molar-refractivity contribution in [3.8, 4) is 5.75 Å². The third-order valence-electron chi connectivity index (χ3n) is 2.62. The van der Waals surface area contributed by atoms with Crippen LogP contribution < -0.4 is 4.74 Å². The molecule has 0 radical (unpaired) electrons. The minimum Gasteiger partial charge on any atom is -0.496 e. The van der Waals surface area contributed by atoms with Gasteiger partial charge in [0.05, 0.1) is 18.6 Å². The van der Waals surface area contributed by atoms with E-state index in [0.29, 0.717) is 11.3 Å². The van der Waals surface area contributed by atoms with Crippen LogP contribution in [-0.4, -0.2) is 37.5 Å². The highest BCUT2D eigenvalue weighted by Crippen LogP contribution is 2.21. The van der Waals surface area contributed by atoms with Gasteiger partial charge in [0.25, 0.3) is 0 Å². The molecule has 2 atom stereocenters. The van der Waals surface area contributed by atoms with E-state index in [1.54, 1.807) is 6.92 Å². The normalized spacial score (nSPS) is 14.8. The summed E-state index contributed by atoms with van der Waals surface area (Å²) in [6.45, 7) is 1.74. The third-order valence-corrected chi connectivity index (χ3v) is 5.36. The van der Waals surface area contributed by atoms with E-state index < -0.39 is 26.5 Å². The molecule has 0 saturated carbocycles. The van der Waals surface area contributed by atoms with Crippen molar-refractivity contribution >= 4 is 20.6 Å². The van der Waals surface area contributed by atoms with Gasteiger partial charge in [-0.2, -0.15) is 0 Å². The van der Waals surface area contributed by atoms with Crippen LogP contribution in [0.15, 0.2) is 18.2 Å². The molecule has 0 heterocycles. The van der Waals surface area contributed by atoms with Crippen LogP contribution in [-0.2, 0) is 26.4 Å². The molecular formula is C13H19FO4S2. The van der Waals surface area contributed by atoms with E-state index in [9.17, 15) is 17.0 Å². The first-order valence-electron chi connectivity index (χ1n) is 6.06. The lowest BCUT2D eigenvalue weighted by Crippen LogP contribution is -2.18. The van der Waals surface area contributed by atoms with E-state index in [1.807, 2.05) is 0 Å². The summed E-state index contributed by atoms with van der Waals surface area (Å²) >= 11 is 0. The van der Waals surface area contributed by atoms with E-state index in [-0.39, 0.29) is 23.2 Å². The van der Waals surface area contributed by atoms with Gasteiger partial charge in [0, 0.05) is 28.4 Å². The maximum atomic E-state index is 13.2. The Balaban J connectivity index is 2.69. The zero-order chi connectivity index (χ0) is 15.3. The van der Waals surface area contributed by atoms with Crippen molar-refractivity contribution in [2.45, 2.75) is 12.7 Å². The molecule has 114 valence electrons. The summed E-state index contributed by atoms with van der Waals surface area (Å²) in [4.78, 5) is 0. The zero-order valence-corrected chi connectivity index (χ0v) is 13.4. The first-order valence-corrected chi connectivity index (χ1v) is 9.61. The van der Waals surface area contributed by atoms with Gasteiger partial charge in [-0.15, -0.1) is 0 Å². The van der Waals surface area contributed by atoms with Crippen molar-refractivity contribution in [3.63, 3.8) is 0 Å². The molecule has 0 fully saturated rings. The van der Waals surface area contributed by atoms with Crippen LogP contribution in [0.25, 0.3) is 0 Å². The summed E-state index contributed by atoms with van der Waals surface area (Å²) in [7, 11) is -2.88. The van der Waals surface area contributed by atoms with Gasteiger partial charge >= 0.3 is 0 Å². The average molecular weight is 322 g/mol. The maximum absolute atomic E-state index is 13.2. The second-order valence-corrected chi connectivity index (χ2v) is 8.59. The van der Waals surface area contributed by atoms with Gasteiger partial charge in [0.2, 0.25) is 0 Å². The lowest BCUT2D eigenvalue weighted by atomic mass is 10.2. The Morgan fingerprint density at radius 1 is 1.40 bits per heavy atom.